The van der Waals surface area contributed by atoms with Crippen molar-refractivity contribution in [3.05, 3.63) is 29.8 Å². The van der Waals surface area contributed by atoms with E-state index in [1.54, 1.807) is 12.1 Å². The maximum Gasteiger partial charge on any atom is 1.00 e. The first-order valence-electron chi connectivity index (χ1n) is 2.55. The molecule has 0 spiro atoms. The molecule has 0 aromatic heterocycles. The molecule has 0 aliphatic carbocycles. The van der Waals surface area contributed by atoms with Crippen LogP contribution in [0.2, 0.25) is 0 Å². The van der Waals surface area contributed by atoms with Crippen LogP contribution in [0.15, 0.2) is 24.3 Å². The fourth-order valence-corrected chi connectivity index (χ4v) is 0.588. The summed E-state index contributed by atoms with van der Waals surface area (Å²) in [6.45, 7) is 0. The molecule has 0 amide bonds. The van der Waals surface area contributed by atoms with Crippen molar-refractivity contribution in [2.75, 3.05) is 0 Å². The number of aldehydes is 1. The topological polar surface area (TPSA) is 40.1 Å². The predicted octanol–water partition coefficient (Wildman–Crippen LogP) is -2.42. The minimum Gasteiger partial charge on any atom is -0.872 e. The number of hydrogen-bond donors (Lipinski definition) is 0. The van der Waals surface area contributed by atoms with Crippen LogP contribution in [0.1, 0.15) is 10.4 Å². The maximum atomic E-state index is 10.5. The molecule has 0 saturated carbocycles. The van der Waals surface area contributed by atoms with Gasteiger partial charge in [0.05, 0.1) is 0 Å². The average molecular weight is 160 g/mol. The molecule has 0 N–H and O–H groups in total. The zero-order chi connectivity index (χ0) is 6.69. The van der Waals surface area contributed by atoms with Crippen LogP contribution in [0.25, 0.3) is 0 Å². The molecular weight excluding hydrogens is 155 g/mol. The Morgan fingerprint density at radius 3 is 2.50 bits per heavy atom. The van der Waals surface area contributed by atoms with E-state index in [2.05, 4.69) is 0 Å². The van der Waals surface area contributed by atoms with Crippen LogP contribution in [-0.2, 0) is 0 Å². The van der Waals surface area contributed by atoms with E-state index in [0.29, 0.717) is 11.8 Å². The van der Waals surface area contributed by atoms with E-state index in [-0.39, 0.29) is 57.1 Å². The van der Waals surface area contributed by atoms with Crippen molar-refractivity contribution in [2.45, 2.75) is 0 Å². The van der Waals surface area contributed by atoms with Crippen LogP contribution in [0.4, 0.5) is 0 Å². The number of hydrogen-bond acceptors (Lipinski definition) is 2. The number of carbonyl (C=O) groups excluding carboxylic acids is 1. The molecule has 46 valence electrons. The zero-order valence-electron chi connectivity index (χ0n) is 5.70. The van der Waals surface area contributed by atoms with Crippen molar-refractivity contribution in [1.29, 1.82) is 0 Å². The molecule has 0 unspecified atom stereocenters. The fourth-order valence-electron chi connectivity index (χ4n) is 0.588. The first-order chi connectivity index (χ1) is 4.33. The van der Waals surface area contributed by atoms with E-state index < -0.39 is 0 Å². The van der Waals surface area contributed by atoms with E-state index in [9.17, 15) is 9.90 Å². The van der Waals surface area contributed by atoms with Crippen molar-refractivity contribution < 1.29 is 61.3 Å². The average Bonchev–Trinajstić information content (AvgIpc) is 1.88. The second-order valence-electron chi connectivity index (χ2n) is 1.69. The Balaban J connectivity index is 0.000000810. The van der Waals surface area contributed by atoms with Gasteiger partial charge >= 0.3 is 51.4 Å². The molecule has 1 aromatic rings. The molecule has 0 radical (unpaired) electrons. The summed E-state index contributed by atoms with van der Waals surface area (Å²) in [5.74, 6) is -0.125. The largest absolute Gasteiger partial charge is 1.00 e. The fraction of sp³-hybridized carbons (Fsp3) is 0. The molecular formula is C7H5KO2. The van der Waals surface area contributed by atoms with Gasteiger partial charge in [0, 0.05) is 5.56 Å². The Bertz CT molecular complexity index is 223. The van der Waals surface area contributed by atoms with Crippen LogP contribution >= 0.6 is 0 Å². The number of benzene rings is 1. The van der Waals surface area contributed by atoms with Gasteiger partial charge in [-0.25, -0.2) is 0 Å². The van der Waals surface area contributed by atoms with E-state index in [4.69, 9.17) is 0 Å². The molecule has 2 nitrogen and oxygen atoms in total. The van der Waals surface area contributed by atoms with E-state index in [0.717, 1.165) is 0 Å². The second kappa shape index (κ2) is 5.04. The van der Waals surface area contributed by atoms with E-state index >= 15 is 0 Å². The molecule has 0 bridgehead atoms. The molecule has 0 aliphatic rings. The summed E-state index contributed by atoms with van der Waals surface area (Å²) in [6, 6.07) is 5.86. The number of carbonyl (C=O) groups is 1. The van der Waals surface area contributed by atoms with Gasteiger partial charge < -0.3 is 5.11 Å². The summed E-state index contributed by atoms with van der Waals surface area (Å²) in [4.78, 5) is 10.0. The van der Waals surface area contributed by atoms with Gasteiger partial charge in [-0.2, -0.15) is 0 Å². The Hall–Kier alpha value is 0.326. The first-order valence-corrected chi connectivity index (χ1v) is 2.55. The summed E-state index contributed by atoms with van der Waals surface area (Å²) in [5, 5.41) is 10.5. The van der Waals surface area contributed by atoms with Crippen LogP contribution in [0, 0.1) is 0 Å². The molecule has 0 aliphatic heterocycles. The molecule has 3 heteroatoms. The van der Waals surface area contributed by atoms with Gasteiger partial charge in [-0.3, -0.25) is 4.79 Å². The van der Waals surface area contributed by atoms with Crippen LogP contribution in [0.5, 0.6) is 5.75 Å². The van der Waals surface area contributed by atoms with Gasteiger partial charge in [0.25, 0.3) is 0 Å². The quantitative estimate of drug-likeness (QED) is 0.339. The molecule has 10 heavy (non-hydrogen) atoms. The summed E-state index contributed by atoms with van der Waals surface area (Å²) < 4.78 is 0. The van der Waals surface area contributed by atoms with Gasteiger partial charge in [0.15, 0.2) is 0 Å². The molecule has 0 fully saturated rings. The van der Waals surface area contributed by atoms with Gasteiger partial charge in [-0.15, -0.1) is 5.75 Å². The molecule has 1 aromatic carbocycles. The van der Waals surface area contributed by atoms with Gasteiger partial charge in [-0.1, -0.05) is 24.3 Å². The van der Waals surface area contributed by atoms with Crippen LogP contribution < -0.4 is 56.5 Å². The monoisotopic (exact) mass is 160 g/mol. The van der Waals surface area contributed by atoms with Crippen molar-refractivity contribution in [3.8, 4) is 5.75 Å². The number of rotatable bonds is 1. The Labute approximate surface area is 102 Å². The SMILES string of the molecule is O=Cc1cccc([O-])c1.[K+]. The molecule has 1 rings (SSSR count). The van der Waals surface area contributed by atoms with Crippen molar-refractivity contribution in [1.82, 2.24) is 0 Å². The van der Waals surface area contributed by atoms with Gasteiger partial charge in [0.2, 0.25) is 0 Å². The Kier molecular flexibility index (Phi) is 5.20. The smallest absolute Gasteiger partial charge is 0.872 e. The third-order valence-corrected chi connectivity index (χ3v) is 0.994. The summed E-state index contributed by atoms with van der Waals surface area (Å²) in [6.07, 6.45) is 0.654. The Morgan fingerprint density at radius 2 is 2.10 bits per heavy atom. The van der Waals surface area contributed by atoms with Crippen molar-refractivity contribution in [2.24, 2.45) is 0 Å². The zero-order valence-corrected chi connectivity index (χ0v) is 8.83. The third-order valence-electron chi connectivity index (χ3n) is 0.994. The summed E-state index contributed by atoms with van der Waals surface area (Å²) in [7, 11) is 0. The summed E-state index contributed by atoms with van der Waals surface area (Å²) in [5.41, 5.74) is 0.433. The van der Waals surface area contributed by atoms with Gasteiger partial charge in [-0.05, 0) is 0 Å². The minimum absolute atomic E-state index is 0. The minimum atomic E-state index is -0.125. The predicted molar refractivity (Wildman–Crippen MR) is 31.3 cm³/mol. The van der Waals surface area contributed by atoms with Gasteiger partial charge in [0.1, 0.15) is 6.29 Å². The second-order valence-corrected chi connectivity index (χ2v) is 1.69. The van der Waals surface area contributed by atoms with Crippen molar-refractivity contribution in [3.63, 3.8) is 0 Å². The van der Waals surface area contributed by atoms with Crippen molar-refractivity contribution >= 4 is 6.29 Å². The normalized spacial score (nSPS) is 8.00. The van der Waals surface area contributed by atoms with Crippen LogP contribution in [-0.4, -0.2) is 6.29 Å². The molecule has 0 atom stereocenters. The molecule has 0 saturated heterocycles. The Morgan fingerprint density at radius 1 is 1.40 bits per heavy atom. The maximum absolute atomic E-state index is 10.5. The standard InChI is InChI=1S/C7H6O2.K/c8-5-6-2-1-3-7(9)4-6;/h1-5,9H;/q;+1/p-1. The van der Waals surface area contributed by atoms with E-state index in [1.165, 1.54) is 12.1 Å². The molecule has 0 heterocycles. The third kappa shape index (κ3) is 2.94. The van der Waals surface area contributed by atoms with E-state index in [1.807, 2.05) is 0 Å². The first kappa shape index (κ1) is 10.3. The van der Waals surface area contributed by atoms with Crippen LogP contribution in [0.3, 0.4) is 0 Å². The summed E-state index contributed by atoms with van der Waals surface area (Å²) >= 11 is 0.